The van der Waals surface area contributed by atoms with Gasteiger partial charge in [0.25, 0.3) is 0 Å². The van der Waals surface area contributed by atoms with Crippen molar-refractivity contribution >= 4 is 0 Å². The van der Waals surface area contributed by atoms with E-state index < -0.39 is 0 Å². The second-order valence-corrected chi connectivity index (χ2v) is 3.72. The molecular weight excluding hydrogens is 174 g/mol. The maximum atomic E-state index is 4.21. The average molecular weight is 191 g/mol. The topological polar surface area (TPSA) is 29.9 Å². The Hall–Kier alpha value is -1.09. The highest BCUT2D eigenvalue weighted by Crippen LogP contribution is 2.19. The number of nitrogens with one attached hydrogen (secondary N) is 1. The molecule has 1 N–H and O–H groups in total. The van der Waals surface area contributed by atoms with Crippen LogP contribution < -0.4 is 5.32 Å². The van der Waals surface area contributed by atoms with Crippen molar-refractivity contribution in [3.05, 3.63) is 30.4 Å². The Kier molecular flexibility index (Phi) is 2.99. The first-order valence-corrected chi connectivity index (χ1v) is 5.23. The largest absolute Gasteiger partial charge is 0.334 e. The summed E-state index contributed by atoms with van der Waals surface area (Å²) in [5.41, 5.74) is 1.38. The van der Waals surface area contributed by atoms with Gasteiger partial charge in [0.05, 0.1) is 6.33 Å². The van der Waals surface area contributed by atoms with Crippen LogP contribution in [0.15, 0.2) is 24.7 Å². The summed E-state index contributed by atoms with van der Waals surface area (Å²) in [6, 6.07) is 0. The number of aryl methyl sites for hydroxylation is 1. The summed E-state index contributed by atoms with van der Waals surface area (Å²) < 4.78 is 2.27. The predicted molar refractivity (Wildman–Crippen MR) is 57.3 cm³/mol. The maximum absolute atomic E-state index is 4.21. The lowest BCUT2D eigenvalue weighted by molar-refractivity contribution is 0.424. The molecule has 1 aromatic rings. The van der Waals surface area contributed by atoms with Crippen molar-refractivity contribution in [2.45, 2.75) is 25.8 Å². The molecule has 0 spiro atoms. The average Bonchev–Trinajstić information content (AvgIpc) is 2.51. The zero-order valence-electron chi connectivity index (χ0n) is 8.61. The van der Waals surface area contributed by atoms with Crippen molar-refractivity contribution in [2.24, 2.45) is 0 Å². The fraction of sp³-hybridized carbons (Fsp3) is 0.545. The van der Waals surface area contributed by atoms with Crippen molar-refractivity contribution in [2.75, 3.05) is 13.1 Å². The van der Waals surface area contributed by atoms with Gasteiger partial charge in [-0.05, 0) is 13.3 Å². The van der Waals surface area contributed by atoms with Crippen LogP contribution in [-0.4, -0.2) is 22.6 Å². The van der Waals surface area contributed by atoms with Crippen molar-refractivity contribution in [3.8, 4) is 0 Å². The highest BCUT2D eigenvalue weighted by Gasteiger charge is 2.21. The minimum atomic E-state index is 0.683. The molecule has 1 aliphatic rings. The van der Waals surface area contributed by atoms with Crippen LogP contribution in [-0.2, 0) is 6.54 Å². The van der Waals surface area contributed by atoms with Gasteiger partial charge in [-0.1, -0.05) is 12.2 Å². The van der Waals surface area contributed by atoms with Crippen LogP contribution in [0.5, 0.6) is 0 Å². The fourth-order valence-electron chi connectivity index (χ4n) is 1.74. The summed E-state index contributed by atoms with van der Waals surface area (Å²) in [6.07, 6.45) is 9.34. The molecule has 14 heavy (non-hydrogen) atoms. The van der Waals surface area contributed by atoms with Crippen molar-refractivity contribution in [1.82, 2.24) is 14.9 Å². The Morgan fingerprint density at radius 2 is 2.50 bits per heavy atom. The predicted octanol–water partition coefficient (Wildman–Crippen LogP) is 1.54. The van der Waals surface area contributed by atoms with Gasteiger partial charge in [-0.2, -0.15) is 0 Å². The van der Waals surface area contributed by atoms with Gasteiger partial charge in [0, 0.05) is 37.4 Å². The molecule has 3 nitrogen and oxygen atoms in total. The van der Waals surface area contributed by atoms with E-state index in [1.165, 1.54) is 5.69 Å². The number of allylic oxidation sites excluding steroid dienone is 2. The summed E-state index contributed by atoms with van der Waals surface area (Å²) in [7, 11) is 0. The molecular formula is C11H17N3. The molecule has 0 amide bonds. The summed E-state index contributed by atoms with van der Waals surface area (Å²) in [5.74, 6) is 0.683. The minimum absolute atomic E-state index is 0.683. The molecule has 0 atom stereocenters. The SMILES string of the molecule is C/C=C/CCn1cncc1C1CNC1. The third-order valence-electron chi connectivity index (χ3n) is 2.72. The first-order chi connectivity index (χ1) is 6.92. The molecule has 0 aromatic carbocycles. The van der Waals surface area contributed by atoms with E-state index >= 15 is 0 Å². The van der Waals surface area contributed by atoms with Gasteiger partial charge >= 0.3 is 0 Å². The van der Waals surface area contributed by atoms with E-state index in [2.05, 4.69) is 33.9 Å². The molecule has 0 radical (unpaired) electrons. The smallest absolute Gasteiger partial charge is 0.0948 e. The van der Waals surface area contributed by atoms with Gasteiger partial charge in [0.15, 0.2) is 0 Å². The van der Waals surface area contributed by atoms with E-state index in [9.17, 15) is 0 Å². The lowest BCUT2D eigenvalue weighted by atomic mass is 10.00. The lowest BCUT2D eigenvalue weighted by Gasteiger charge is -2.27. The van der Waals surface area contributed by atoms with Gasteiger partial charge in [-0.15, -0.1) is 0 Å². The Balaban J connectivity index is 1.98. The molecule has 3 heteroatoms. The van der Waals surface area contributed by atoms with E-state index in [4.69, 9.17) is 0 Å². The second kappa shape index (κ2) is 4.42. The summed E-state index contributed by atoms with van der Waals surface area (Å²) in [5, 5.41) is 3.29. The molecule has 1 aliphatic heterocycles. The number of hydrogen-bond acceptors (Lipinski definition) is 2. The highest BCUT2D eigenvalue weighted by molar-refractivity contribution is 5.11. The monoisotopic (exact) mass is 191 g/mol. The molecule has 76 valence electrons. The molecule has 0 bridgehead atoms. The quantitative estimate of drug-likeness (QED) is 0.732. The number of nitrogens with zero attached hydrogens (tertiary/aromatic N) is 2. The Morgan fingerprint density at radius 1 is 1.64 bits per heavy atom. The van der Waals surface area contributed by atoms with Crippen LogP contribution in [0.1, 0.15) is 25.0 Å². The van der Waals surface area contributed by atoms with Crippen LogP contribution in [0, 0.1) is 0 Å². The zero-order valence-corrected chi connectivity index (χ0v) is 8.61. The van der Waals surface area contributed by atoms with Gasteiger partial charge in [-0.25, -0.2) is 4.98 Å². The van der Waals surface area contributed by atoms with Crippen LogP contribution in [0.25, 0.3) is 0 Å². The summed E-state index contributed by atoms with van der Waals surface area (Å²) >= 11 is 0. The van der Waals surface area contributed by atoms with Crippen LogP contribution in [0.4, 0.5) is 0 Å². The molecule has 1 saturated heterocycles. The molecule has 0 aliphatic carbocycles. The first-order valence-electron chi connectivity index (χ1n) is 5.23. The van der Waals surface area contributed by atoms with Crippen LogP contribution in [0.2, 0.25) is 0 Å². The van der Waals surface area contributed by atoms with Gasteiger partial charge in [-0.3, -0.25) is 0 Å². The van der Waals surface area contributed by atoms with E-state index in [-0.39, 0.29) is 0 Å². The first kappa shape index (κ1) is 9.46. The van der Waals surface area contributed by atoms with Gasteiger partial charge in [0.1, 0.15) is 0 Å². The van der Waals surface area contributed by atoms with Crippen molar-refractivity contribution in [1.29, 1.82) is 0 Å². The van der Waals surface area contributed by atoms with Gasteiger partial charge in [0.2, 0.25) is 0 Å². The highest BCUT2D eigenvalue weighted by atomic mass is 15.1. The van der Waals surface area contributed by atoms with Crippen LogP contribution >= 0.6 is 0 Å². The number of aromatic nitrogens is 2. The summed E-state index contributed by atoms with van der Waals surface area (Å²) in [4.78, 5) is 4.21. The minimum Gasteiger partial charge on any atom is -0.334 e. The fourth-order valence-corrected chi connectivity index (χ4v) is 1.74. The zero-order chi connectivity index (χ0) is 9.80. The van der Waals surface area contributed by atoms with Crippen molar-refractivity contribution in [3.63, 3.8) is 0 Å². The third kappa shape index (κ3) is 1.87. The molecule has 2 rings (SSSR count). The number of hydrogen-bond donors (Lipinski definition) is 1. The number of rotatable bonds is 4. The maximum Gasteiger partial charge on any atom is 0.0948 e. The second-order valence-electron chi connectivity index (χ2n) is 3.72. The summed E-state index contributed by atoms with van der Waals surface area (Å²) in [6.45, 7) is 5.32. The third-order valence-corrected chi connectivity index (χ3v) is 2.72. The molecule has 1 fully saturated rings. The Bertz CT molecular complexity index is 310. The molecule has 2 heterocycles. The Morgan fingerprint density at radius 3 is 3.14 bits per heavy atom. The van der Waals surface area contributed by atoms with E-state index in [0.29, 0.717) is 5.92 Å². The van der Waals surface area contributed by atoms with E-state index in [1.807, 2.05) is 12.5 Å². The standard InChI is InChI=1S/C11H17N3/c1-2-3-4-5-14-9-13-8-11(14)10-6-12-7-10/h2-3,8-10,12H,4-7H2,1H3/b3-2+. The van der Waals surface area contributed by atoms with E-state index in [0.717, 1.165) is 26.1 Å². The lowest BCUT2D eigenvalue weighted by Crippen LogP contribution is -2.40. The molecule has 0 unspecified atom stereocenters. The number of imidazole rings is 1. The normalized spacial score (nSPS) is 17.5. The molecule has 0 saturated carbocycles. The van der Waals surface area contributed by atoms with E-state index in [1.54, 1.807) is 0 Å². The molecule has 1 aromatic heterocycles. The van der Waals surface area contributed by atoms with Crippen LogP contribution in [0.3, 0.4) is 0 Å². The van der Waals surface area contributed by atoms with Crippen molar-refractivity contribution < 1.29 is 0 Å². The Labute approximate surface area is 84.8 Å². The van der Waals surface area contributed by atoms with Gasteiger partial charge < -0.3 is 9.88 Å².